The van der Waals surface area contributed by atoms with Crippen molar-refractivity contribution in [3.8, 4) is 0 Å². The van der Waals surface area contributed by atoms with Gasteiger partial charge in [-0.25, -0.2) is 4.79 Å². The highest BCUT2D eigenvalue weighted by Gasteiger charge is 2.40. The van der Waals surface area contributed by atoms with Gasteiger partial charge in [-0.2, -0.15) is 0 Å². The van der Waals surface area contributed by atoms with Crippen molar-refractivity contribution in [2.75, 3.05) is 26.0 Å². The number of carboxylic acid groups (broad SMARTS) is 1. The molecule has 0 bridgehead atoms. The van der Waals surface area contributed by atoms with E-state index in [0.29, 0.717) is 25.4 Å². The average molecular weight is 303 g/mol. The number of hydrogen-bond acceptors (Lipinski definition) is 3. The Morgan fingerprint density at radius 3 is 2.40 bits per heavy atom. The van der Waals surface area contributed by atoms with Crippen molar-refractivity contribution in [3.63, 3.8) is 0 Å². The molecule has 1 aliphatic heterocycles. The summed E-state index contributed by atoms with van der Waals surface area (Å²) in [7, 11) is 1.54. The van der Waals surface area contributed by atoms with E-state index in [0.717, 1.165) is 12.8 Å². The van der Waals surface area contributed by atoms with Crippen LogP contribution in [0.5, 0.6) is 0 Å². The average Bonchev–Trinajstić information content (AvgIpc) is 3.16. The first-order valence-corrected chi connectivity index (χ1v) is 7.30. The van der Waals surface area contributed by atoms with Crippen LogP contribution in [0.1, 0.15) is 19.3 Å². The molecule has 0 unspecified atom stereocenters. The topological polar surface area (TPSA) is 77.9 Å². The maximum Gasteiger partial charge on any atom is 0.326 e. The number of amides is 2. The third-order valence-corrected chi connectivity index (χ3v) is 4.28. The van der Waals surface area contributed by atoms with E-state index in [1.807, 2.05) is 0 Å². The van der Waals surface area contributed by atoms with Crippen LogP contribution in [-0.2, 0) is 14.4 Å². The molecular weight excluding hydrogens is 284 g/mol. The number of carbonyl (C=O) groups excluding carboxylic acids is 2. The van der Waals surface area contributed by atoms with E-state index in [-0.39, 0.29) is 23.6 Å². The molecule has 1 saturated carbocycles. The zero-order chi connectivity index (χ0) is 14.9. The minimum atomic E-state index is -0.958. The van der Waals surface area contributed by atoms with E-state index in [2.05, 4.69) is 0 Å². The van der Waals surface area contributed by atoms with E-state index in [4.69, 9.17) is 11.6 Å². The van der Waals surface area contributed by atoms with Gasteiger partial charge in [0.25, 0.3) is 0 Å². The molecule has 2 aliphatic rings. The number of nitrogens with zero attached hydrogens (tertiary/aromatic N) is 2. The zero-order valence-corrected chi connectivity index (χ0v) is 12.2. The molecule has 1 aliphatic carbocycles. The molecule has 0 spiro atoms. The van der Waals surface area contributed by atoms with Crippen molar-refractivity contribution in [2.45, 2.75) is 25.3 Å². The zero-order valence-electron chi connectivity index (χ0n) is 11.4. The SMILES string of the molecule is CN(C(=O)C1CN(C(=O)CCl)C1)[C@@H](CC1CC1)C(=O)O. The van der Waals surface area contributed by atoms with Gasteiger partial charge >= 0.3 is 5.97 Å². The molecule has 0 aromatic rings. The first-order valence-electron chi connectivity index (χ1n) is 6.77. The van der Waals surface area contributed by atoms with E-state index >= 15 is 0 Å². The fourth-order valence-corrected chi connectivity index (χ4v) is 2.63. The monoisotopic (exact) mass is 302 g/mol. The van der Waals surface area contributed by atoms with E-state index < -0.39 is 12.0 Å². The van der Waals surface area contributed by atoms with Crippen molar-refractivity contribution in [3.05, 3.63) is 0 Å². The lowest BCUT2D eigenvalue weighted by atomic mass is 9.97. The fourth-order valence-electron chi connectivity index (χ4n) is 2.46. The van der Waals surface area contributed by atoms with Crippen LogP contribution in [0.3, 0.4) is 0 Å². The molecule has 1 saturated heterocycles. The quantitative estimate of drug-likeness (QED) is 0.720. The molecule has 7 heteroatoms. The van der Waals surface area contributed by atoms with E-state index in [9.17, 15) is 19.5 Å². The van der Waals surface area contributed by atoms with Crippen LogP contribution in [0.4, 0.5) is 0 Å². The van der Waals surface area contributed by atoms with Crippen molar-refractivity contribution < 1.29 is 19.5 Å². The first-order chi connectivity index (χ1) is 9.43. The van der Waals surface area contributed by atoms with Gasteiger partial charge in [0, 0.05) is 20.1 Å². The van der Waals surface area contributed by atoms with Gasteiger partial charge in [0.1, 0.15) is 11.9 Å². The third-order valence-electron chi connectivity index (χ3n) is 4.05. The lowest BCUT2D eigenvalue weighted by molar-refractivity contribution is -0.155. The van der Waals surface area contributed by atoms with Gasteiger partial charge in [-0.15, -0.1) is 11.6 Å². The highest BCUT2D eigenvalue weighted by molar-refractivity contribution is 6.27. The van der Waals surface area contributed by atoms with Gasteiger partial charge in [-0.3, -0.25) is 9.59 Å². The second kappa shape index (κ2) is 5.99. The summed E-state index contributed by atoms with van der Waals surface area (Å²) in [4.78, 5) is 37.6. The maximum absolute atomic E-state index is 12.2. The number of rotatable bonds is 6. The normalized spacial score (nSPS) is 20.2. The summed E-state index contributed by atoms with van der Waals surface area (Å²) in [5.74, 6) is -1.30. The van der Waals surface area contributed by atoms with Crippen LogP contribution in [0.15, 0.2) is 0 Å². The van der Waals surface area contributed by atoms with Crippen LogP contribution in [0.25, 0.3) is 0 Å². The molecule has 2 rings (SSSR count). The summed E-state index contributed by atoms with van der Waals surface area (Å²) in [6.45, 7) is 0.676. The van der Waals surface area contributed by atoms with Gasteiger partial charge < -0.3 is 14.9 Å². The fraction of sp³-hybridized carbons (Fsp3) is 0.769. The lowest BCUT2D eigenvalue weighted by Gasteiger charge is -2.40. The van der Waals surface area contributed by atoms with E-state index in [1.165, 1.54) is 16.8 Å². The van der Waals surface area contributed by atoms with Crippen molar-refractivity contribution in [1.29, 1.82) is 0 Å². The molecule has 0 aromatic carbocycles. The number of likely N-dealkylation sites (N-methyl/N-ethyl adjacent to an activating group) is 1. The number of likely N-dealkylation sites (tertiary alicyclic amines) is 1. The Kier molecular flexibility index (Phi) is 4.52. The Labute approximate surface area is 122 Å². The standard InChI is InChI=1S/C13H19ClN2O4/c1-15(10(13(19)20)4-8-2-3-8)12(18)9-6-16(7-9)11(17)5-14/h8-10H,2-7H2,1H3,(H,19,20)/t10-/m0/s1. The Balaban J connectivity index is 1.87. The largest absolute Gasteiger partial charge is 0.480 e. The van der Waals surface area contributed by atoms with Gasteiger partial charge in [-0.05, 0) is 12.3 Å². The smallest absolute Gasteiger partial charge is 0.326 e. The molecular formula is C13H19ClN2O4. The molecule has 1 N–H and O–H groups in total. The lowest BCUT2D eigenvalue weighted by Crippen LogP contribution is -2.58. The van der Waals surface area contributed by atoms with Crippen molar-refractivity contribution in [2.24, 2.45) is 11.8 Å². The molecule has 0 radical (unpaired) electrons. The van der Waals surface area contributed by atoms with Crippen molar-refractivity contribution in [1.82, 2.24) is 9.80 Å². The molecule has 20 heavy (non-hydrogen) atoms. The number of carbonyl (C=O) groups is 3. The summed E-state index contributed by atoms with van der Waals surface area (Å²) in [6.07, 6.45) is 2.62. The van der Waals surface area contributed by atoms with Gasteiger partial charge in [0.15, 0.2) is 0 Å². The Morgan fingerprint density at radius 2 is 1.95 bits per heavy atom. The Morgan fingerprint density at radius 1 is 1.35 bits per heavy atom. The van der Waals surface area contributed by atoms with Gasteiger partial charge in [0.05, 0.1) is 5.92 Å². The number of carboxylic acids is 1. The summed E-state index contributed by atoms with van der Waals surface area (Å²) < 4.78 is 0. The Bertz CT molecular complexity index is 419. The molecule has 0 aromatic heterocycles. The first kappa shape index (κ1) is 15.1. The Hall–Kier alpha value is -1.30. The number of hydrogen-bond donors (Lipinski definition) is 1. The predicted molar refractivity (Wildman–Crippen MR) is 72.3 cm³/mol. The number of halogens is 1. The maximum atomic E-state index is 12.2. The van der Waals surface area contributed by atoms with E-state index in [1.54, 1.807) is 0 Å². The highest BCUT2D eigenvalue weighted by atomic mass is 35.5. The van der Waals surface area contributed by atoms with Crippen molar-refractivity contribution >= 4 is 29.4 Å². The summed E-state index contributed by atoms with van der Waals surface area (Å²) in [5.41, 5.74) is 0. The van der Waals surface area contributed by atoms with Crippen LogP contribution >= 0.6 is 11.6 Å². The summed E-state index contributed by atoms with van der Waals surface area (Å²) in [5, 5.41) is 9.24. The molecule has 6 nitrogen and oxygen atoms in total. The predicted octanol–water partition coefficient (Wildman–Crippen LogP) is 0.395. The third kappa shape index (κ3) is 3.23. The van der Waals surface area contributed by atoms with Crippen LogP contribution in [0.2, 0.25) is 0 Å². The molecule has 1 heterocycles. The molecule has 112 valence electrons. The summed E-state index contributed by atoms with van der Waals surface area (Å²) >= 11 is 5.44. The second-order valence-electron chi connectivity index (χ2n) is 5.61. The molecule has 1 atom stereocenters. The van der Waals surface area contributed by atoms with Gasteiger partial charge in [-0.1, -0.05) is 12.8 Å². The number of alkyl halides is 1. The molecule has 2 fully saturated rings. The highest BCUT2D eigenvalue weighted by Crippen LogP contribution is 2.35. The second-order valence-corrected chi connectivity index (χ2v) is 5.88. The minimum absolute atomic E-state index is 0.0871. The number of aliphatic carboxylic acids is 1. The molecule has 2 amide bonds. The van der Waals surface area contributed by atoms with Crippen LogP contribution in [0, 0.1) is 11.8 Å². The van der Waals surface area contributed by atoms with Gasteiger partial charge in [0.2, 0.25) is 11.8 Å². The van der Waals surface area contributed by atoms with Crippen LogP contribution < -0.4 is 0 Å². The summed E-state index contributed by atoms with van der Waals surface area (Å²) in [6, 6.07) is -0.757. The van der Waals surface area contributed by atoms with Crippen LogP contribution in [-0.4, -0.2) is 64.7 Å². The minimum Gasteiger partial charge on any atom is -0.480 e.